The zero-order chi connectivity index (χ0) is 12.7. The van der Waals surface area contributed by atoms with Crippen molar-refractivity contribution in [3.63, 3.8) is 0 Å². The molecule has 0 radical (unpaired) electrons. The summed E-state index contributed by atoms with van der Waals surface area (Å²) >= 11 is 11.9. The maximum absolute atomic E-state index is 6.05. The molecule has 0 amide bonds. The van der Waals surface area contributed by atoms with Crippen molar-refractivity contribution in [2.75, 3.05) is 0 Å². The van der Waals surface area contributed by atoms with E-state index >= 15 is 0 Å². The average molecular weight is 278 g/mol. The molecule has 0 aliphatic rings. The molecule has 0 saturated carbocycles. The summed E-state index contributed by atoms with van der Waals surface area (Å²) in [7, 11) is 1.99. The molecule has 3 aromatic rings. The van der Waals surface area contributed by atoms with Gasteiger partial charge in [0.05, 0.1) is 5.69 Å². The molecule has 3 nitrogen and oxygen atoms in total. The average Bonchev–Trinajstić information content (AvgIpc) is 2.66. The number of hydrogen-bond donors (Lipinski definition) is 0. The summed E-state index contributed by atoms with van der Waals surface area (Å²) in [6.45, 7) is 0. The number of halogens is 2. The monoisotopic (exact) mass is 277 g/mol. The molecule has 2 aromatic heterocycles. The van der Waals surface area contributed by atoms with Crippen molar-refractivity contribution in [3.8, 4) is 11.3 Å². The van der Waals surface area contributed by atoms with Crippen molar-refractivity contribution in [3.05, 3.63) is 47.0 Å². The van der Waals surface area contributed by atoms with Gasteiger partial charge in [0.15, 0.2) is 0 Å². The van der Waals surface area contributed by atoms with Gasteiger partial charge >= 0.3 is 0 Å². The smallest absolute Gasteiger partial charge is 0.222 e. The van der Waals surface area contributed by atoms with Crippen LogP contribution in [0, 0.1) is 0 Å². The van der Waals surface area contributed by atoms with Crippen LogP contribution in [-0.4, -0.2) is 14.5 Å². The van der Waals surface area contributed by atoms with Crippen LogP contribution in [0.15, 0.2) is 36.7 Å². The first kappa shape index (κ1) is 11.5. The van der Waals surface area contributed by atoms with E-state index < -0.39 is 0 Å². The molecule has 2 heterocycles. The van der Waals surface area contributed by atoms with Gasteiger partial charge in [-0.3, -0.25) is 0 Å². The summed E-state index contributed by atoms with van der Waals surface area (Å²) in [5, 5.41) is 2.00. The number of nitrogens with zero attached hydrogens (tertiary/aromatic N) is 3. The predicted octanol–water partition coefficient (Wildman–Crippen LogP) is 3.94. The first-order valence-electron chi connectivity index (χ1n) is 5.38. The molecule has 0 fully saturated rings. The molecule has 0 spiro atoms. The molecule has 0 N–H and O–H groups in total. The van der Waals surface area contributed by atoms with Gasteiger partial charge in [0.25, 0.3) is 0 Å². The first-order valence-corrected chi connectivity index (χ1v) is 6.14. The van der Waals surface area contributed by atoms with E-state index in [9.17, 15) is 0 Å². The molecule has 1 aromatic carbocycles. The summed E-state index contributed by atoms with van der Waals surface area (Å²) in [5.74, 6) is 0. The van der Waals surface area contributed by atoms with Crippen LogP contribution in [0.1, 0.15) is 0 Å². The zero-order valence-corrected chi connectivity index (χ0v) is 11.1. The standard InChI is InChI=1S/C13H9Cl2N3/c1-18-7-10(11-4-5-16-13(15)17-11)9-6-8(14)2-3-12(9)18/h2-7H,1H3. The van der Waals surface area contributed by atoms with Crippen molar-refractivity contribution >= 4 is 34.1 Å². The lowest BCUT2D eigenvalue weighted by Gasteiger charge is -1.99. The Labute approximate surface area is 114 Å². The second-order valence-electron chi connectivity index (χ2n) is 4.03. The van der Waals surface area contributed by atoms with E-state index in [2.05, 4.69) is 9.97 Å². The lowest BCUT2D eigenvalue weighted by Crippen LogP contribution is -1.85. The van der Waals surface area contributed by atoms with Gasteiger partial charge in [-0.05, 0) is 35.9 Å². The first-order chi connectivity index (χ1) is 8.65. The van der Waals surface area contributed by atoms with Gasteiger partial charge in [0.1, 0.15) is 0 Å². The van der Waals surface area contributed by atoms with Crippen LogP contribution in [0.2, 0.25) is 10.3 Å². The number of fused-ring (bicyclic) bond motifs is 1. The van der Waals surface area contributed by atoms with Crippen LogP contribution in [0.3, 0.4) is 0 Å². The van der Waals surface area contributed by atoms with Crippen molar-refractivity contribution in [2.45, 2.75) is 0 Å². The van der Waals surface area contributed by atoms with E-state index in [0.29, 0.717) is 5.02 Å². The molecule has 0 aliphatic heterocycles. The zero-order valence-electron chi connectivity index (χ0n) is 9.56. The molecule has 18 heavy (non-hydrogen) atoms. The summed E-state index contributed by atoms with van der Waals surface area (Å²) in [5.41, 5.74) is 2.89. The maximum atomic E-state index is 6.05. The normalized spacial score (nSPS) is 11.1. The Kier molecular flexibility index (Phi) is 2.73. The van der Waals surface area contributed by atoms with Crippen molar-refractivity contribution < 1.29 is 0 Å². The largest absolute Gasteiger partial charge is 0.350 e. The van der Waals surface area contributed by atoms with Crippen molar-refractivity contribution in [2.24, 2.45) is 7.05 Å². The molecule has 0 aliphatic carbocycles. The lowest BCUT2D eigenvalue weighted by atomic mass is 10.1. The highest BCUT2D eigenvalue weighted by Gasteiger charge is 2.10. The highest BCUT2D eigenvalue weighted by Crippen LogP contribution is 2.31. The van der Waals surface area contributed by atoms with Crippen LogP contribution in [0.25, 0.3) is 22.2 Å². The van der Waals surface area contributed by atoms with Gasteiger partial charge in [0.2, 0.25) is 5.28 Å². The quantitative estimate of drug-likeness (QED) is 0.631. The summed E-state index contributed by atoms with van der Waals surface area (Å²) in [6, 6.07) is 7.63. The Balaban J connectivity index is 2.32. The highest BCUT2D eigenvalue weighted by atomic mass is 35.5. The minimum atomic E-state index is 0.242. The number of aromatic nitrogens is 3. The highest BCUT2D eigenvalue weighted by molar-refractivity contribution is 6.31. The maximum Gasteiger partial charge on any atom is 0.222 e. The third-order valence-corrected chi connectivity index (χ3v) is 3.27. The number of aryl methyl sites for hydroxylation is 1. The minimum Gasteiger partial charge on any atom is -0.350 e. The van der Waals surface area contributed by atoms with Gasteiger partial charge in [-0.15, -0.1) is 0 Å². The van der Waals surface area contributed by atoms with Gasteiger partial charge in [-0.1, -0.05) is 11.6 Å². The number of rotatable bonds is 1. The fourth-order valence-electron chi connectivity index (χ4n) is 2.05. The van der Waals surface area contributed by atoms with E-state index in [4.69, 9.17) is 23.2 Å². The molecular formula is C13H9Cl2N3. The van der Waals surface area contributed by atoms with Crippen LogP contribution in [0.4, 0.5) is 0 Å². The van der Waals surface area contributed by atoms with Crippen LogP contribution in [-0.2, 0) is 7.05 Å². The van der Waals surface area contributed by atoms with Crippen LogP contribution >= 0.6 is 23.2 Å². The SMILES string of the molecule is Cn1cc(-c2ccnc(Cl)n2)c2cc(Cl)ccc21. The summed E-state index contributed by atoms with van der Waals surface area (Å²) < 4.78 is 2.04. The Morgan fingerprint density at radius 3 is 2.78 bits per heavy atom. The third kappa shape index (κ3) is 1.85. The lowest BCUT2D eigenvalue weighted by molar-refractivity contribution is 0.969. The Bertz CT molecular complexity index is 734. The minimum absolute atomic E-state index is 0.242. The van der Waals surface area contributed by atoms with E-state index in [0.717, 1.165) is 22.2 Å². The van der Waals surface area contributed by atoms with Crippen LogP contribution < -0.4 is 0 Å². The number of benzene rings is 1. The molecule has 90 valence electrons. The Morgan fingerprint density at radius 1 is 1.17 bits per heavy atom. The molecule has 0 unspecified atom stereocenters. The fourth-order valence-corrected chi connectivity index (χ4v) is 2.37. The van der Waals surface area contributed by atoms with E-state index in [1.54, 1.807) is 6.20 Å². The van der Waals surface area contributed by atoms with Gasteiger partial charge in [0, 0.05) is 40.9 Å². The molecular weight excluding hydrogens is 269 g/mol. The Morgan fingerprint density at radius 2 is 2.00 bits per heavy atom. The fraction of sp³-hybridized carbons (Fsp3) is 0.0769. The summed E-state index contributed by atoms with van der Waals surface area (Å²) in [6.07, 6.45) is 3.66. The van der Waals surface area contributed by atoms with Crippen molar-refractivity contribution in [1.82, 2.24) is 14.5 Å². The Hall–Kier alpha value is -1.58. The van der Waals surface area contributed by atoms with E-state index in [1.807, 2.05) is 42.1 Å². The second-order valence-corrected chi connectivity index (χ2v) is 4.80. The topological polar surface area (TPSA) is 30.7 Å². The molecule has 3 rings (SSSR count). The van der Waals surface area contributed by atoms with Crippen LogP contribution in [0.5, 0.6) is 0 Å². The second kappa shape index (κ2) is 4.26. The number of hydrogen-bond acceptors (Lipinski definition) is 2. The summed E-state index contributed by atoms with van der Waals surface area (Å²) in [4.78, 5) is 8.13. The van der Waals surface area contributed by atoms with Crippen molar-refractivity contribution in [1.29, 1.82) is 0 Å². The third-order valence-electron chi connectivity index (χ3n) is 2.85. The van der Waals surface area contributed by atoms with Gasteiger partial charge in [-0.2, -0.15) is 0 Å². The molecule has 5 heteroatoms. The van der Waals surface area contributed by atoms with E-state index in [-0.39, 0.29) is 5.28 Å². The molecule has 0 bridgehead atoms. The molecule has 0 saturated heterocycles. The van der Waals surface area contributed by atoms with E-state index in [1.165, 1.54) is 0 Å². The van der Waals surface area contributed by atoms with Gasteiger partial charge in [-0.25, -0.2) is 9.97 Å². The van der Waals surface area contributed by atoms with Gasteiger partial charge < -0.3 is 4.57 Å². The molecule has 0 atom stereocenters. The predicted molar refractivity (Wildman–Crippen MR) is 74.0 cm³/mol.